The molecule has 1 aromatic carbocycles. The first-order chi connectivity index (χ1) is 13.7. The molecule has 3 rings (SSSR count). The van der Waals surface area contributed by atoms with Gasteiger partial charge in [-0.15, -0.1) is 0 Å². The summed E-state index contributed by atoms with van der Waals surface area (Å²) in [7, 11) is 0. The van der Waals surface area contributed by atoms with Gasteiger partial charge in [0.15, 0.2) is 0 Å². The molecule has 2 aromatic heterocycles. The lowest BCUT2D eigenvalue weighted by molar-refractivity contribution is 0.0948. The molecule has 0 spiro atoms. The smallest absolute Gasteiger partial charge is 0.269 e. The van der Waals surface area contributed by atoms with E-state index in [2.05, 4.69) is 21.6 Å². The fraction of sp³-hybridized carbons (Fsp3) is 0.318. The van der Waals surface area contributed by atoms with Crippen molar-refractivity contribution < 1.29 is 9.21 Å². The third-order valence-corrected chi connectivity index (χ3v) is 5.17. The second-order valence-electron chi connectivity index (χ2n) is 7.90. The summed E-state index contributed by atoms with van der Waals surface area (Å²) in [5, 5.41) is 19.4. The third-order valence-electron chi connectivity index (χ3n) is 4.68. The molecule has 0 bridgehead atoms. The maximum atomic E-state index is 12.3. The van der Waals surface area contributed by atoms with Crippen LogP contribution in [0.1, 0.15) is 53.8 Å². The minimum Gasteiger partial charge on any atom is -0.461 e. The number of H-pyrrole nitrogens is 1. The number of carbonyl (C=O) groups excluding carboxylic acids is 1. The van der Waals surface area contributed by atoms with Gasteiger partial charge in [-0.05, 0) is 42.8 Å². The zero-order chi connectivity index (χ0) is 21.2. The van der Waals surface area contributed by atoms with E-state index < -0.39 is 0 Å². The lowest BCUT2D eigenvalue weighted by Crippen LogP contribution is -2.25. The Kier molecular flexibility index (Phi) is 5.81. The summed E-state index contributed by atoms with van der Waals surface area (Å²) in [6.07, 6.45) is 0.551. The van der Waals surface area contributed by atoms with Gasteiger partial charge in [-0.3, -0.25) is 9.89 Å². The predicted octanol–water partition coefficient (Wildman–Crippen LogP) is 4.77. The molecule has 3 aromatic rings. The molecule has 0 saturated heterocycles. The highest BCUT2D eigenvalue weighted by molar-refractivity contribution is 6.32. The van der Waals surface area contributed by atoms with Crippen LogP contribution < -0.4 is 5.32 Å². The number of furan rings is 1. The number of amides is 1. The van der Waals surface area contributed by atoms with Crippen LogP contribution in [0.3, 0.4) is 0 Å². The molecule has 0 radical (unpaired) electrons. The quantitative estimate of drug-likeness (QED) is 0.633. The number of hydrogen-bond donors (Lipinski definition) is 2. The van der Waals surface area contributed by atoms with Gasteiger partial charge in [0.2, 0.25) is 0 Å². The molecular weight excluding hydrogens is 388 g/mol. The second-order valence-corrected chi connectivity index (χ2v) is 8.28. The van der Waals surface area contributed by atoms with E-state index in [4.69, 9.17) is 21.3 Å². The normalized spacial score (nSPS) is 11.3. The van der Waals surface area contributed by atoms with Crippen LogP contribution in [0.2, 0.25) is 5.02 Å². The highest BCUT2D eigenvalue weighted by atomic mass is 35.5. The Labute approximate surface area is 174 Å². The van der Waals surface area contributed by atoms with Gasteiger partial charge in [-0.2, -0.15) is 10.4 Å². The minimum atomic E-state index is -0.200. The van der Waals surface area contributed by atoms with E-state index >= 15 is 0 Å². The number of aromatic amines is 1. The molecule has 29 heavy (non-hydrogen) atoms. The zero-order valence-electron chi connectivity index (χ0n) is 16.9. The van der Waals surface area contributed by atoms with Gasteiger partial charge in [-0.1, -0.05) is 32.4 Å². The fourth-order valence-electron chi connectivity index (χ4n) is 2.91. The topological polar surface area (TPSA) is 94.7 Å². The van der Waals surface area contributed by atoms with Gasteiger partial charge in [0.05, 0.1) is 16.3 Å². The summed E-state index contributed by atoms with van der Waals surface area (Å²) in [6.45, 7) is 8.42. The van der Waals surface area contributed by atoms with Crippen LogP contribution in [-0.4, -0.2) is 22.6 Å². The Hall–Kier alpha value is -3.04. The van der Waals surface area contributed by atoms with Crippen molar-refractivity contribution in [1.29, 1.82) is 5.26 Å². The van der Waals surface area contributed by atoms with E-state index in [1.807, 2.05) is 45.9 Å². The van der Waals surface area contributed by atoms with Crippen molar-refractivity contribution in [2.24, 2.45) is 0 Å². The van der Waals surface area contributed by atoms with Crippen LogP contribution in [0.15, 0.2) is 34.7 Å². The molecule has 0 atom stereocenters. The zero-order valence-corrected chi connectivity index (χ0v) is 17.6. The summed E-state index contributed by atoms with van der Waals surface area (Å²) >= 11 is 6.24. The number of carbonyl (C=O) groups is 1. The average molecular weight is 411 g/mol. The standard InChI is InChI=1S/C22H23ClN4O2/c1-13-16(7-5-14(12-24)20(13)23)18-8-6-15(29-18)9-10-25-21(28)17-11-19(27-26-17)22(2,3)4/h5-8,11H,9-10H2,1-4H3,(H,25,28)(H,26,27). The van der Waals surface area contributed by atoms with Crippen molar-refractivity contribution in [3.8, 4) is 17.4 Å². The number of halogens is 1. The molecule has 2 heterocycles. The molecule has 0 unspecified atom stereocenters. The van der Waals surface area contributed by atoms with Gasteiger partial charge in [0.1, 0.15) is 23.3 Å². The molecule has 6 nitrogen and oxygen atoms in total. The van der Waals surface area contributed by atoms with E-state index in [-0.39, 0.29) is 11.3 Å². The van der Waals surface area contributed by atoms with Gasteiger partial charge in [0, 0.05) is 23.9 Å². The van der Waals surface area contributed by atoms with Crippen LogP contribution in [-0.2, 0) is 11.8 Å². The lowest BCUT2D eigenvalue weighted by atomic mass is 9.92. The highest BCUT2D eigenvalue weighted by Gasteiger charge is 2.19. The van der Waals surface area contributed by atoms with Crippen molar-refractivity contribution in [2.45, 2.75) is 39.5 Å². The van der Waals surface area contributed by atoms with E-state index in [1.54, 1.807) is 12.1 Å². The van der Waals surface area contributed by atoms with Crippen LogP contribution in [0.25, 0.3) is 11.3 Å². The maximum Gasteiger partial charge on any atom is 0.269 e. The average Bonchev–Trinajstić information content (AvgIpc) is 3.33. The molecule has 0 aliphatic rings. The monoisotopic (exact) mass is 410 g/mol. The maximum absolute atomic E-state index is 12.3. The van der Waals surface area contributed by atoms with Gasteiger partial charge in [0.25, 0.3) is 5.91 Å². The summed E-state index contributed by atoms with van der Waals surface area (Å²) in [6, 6.07) is 11.1. The van der Waals surface area contributed by atoms with Gasteiger partial charge < -0.3 is 9.73 Å². The summed E-state index contributed by atoms with van der Waals surface area (Å²) in [4.78, 5) is 12.3. The van der Waals surface area contributed by atoms with Crippen molar-refractivity contribution in [2.75, 3.05) is 6.54 Å². The van der Waals surface area contributed by atoms with E-state index in [9.17, 15) is 4.79 Å². The van der Waals surface area contributed by atoms with Gasteiger partial charge in [-0.25, -0.2) is 0 Å². The molecule has 150 valence electrons. The van der Waals surface area contributed by atoms with Crippen molar-refractivity contribution in [3.63, 3.8) is 0 Å². The molecule has 0 aliphatic carbocycles. The van der Waals surface area contributed by atoms with Crippen molar-refractivity contribution >= 4 is 17.5 Å². The van der Waals surface area contributed by atoms with E-state index in [0.717, 1.165) is 22.6 Å². The molecule has 0 fully saturated rings. The number of rotatable bonds is 5. The lowest BCUT2D eigenvalue weighted by Gasteiger charge is -2.13. The SMILES string of the molecule is Cc1c(-c2ccc(CCNC(=O)c3cc(C(C)(C)C)n[nH]3)o2)ccc(C#N)c1Cl. The summed E-state index contributed by atoms with van der Waals surface area (Å²) < 4.78 is 5.90. The first kappa shape index (κ1) is 20.7. The molecular formula is C22H23ClN4O2. The molecule has 2 N–H and O–H groups in total. The Morgan fingerprint density at radius 2 is 2.07 bits per heavy atom. The Bertz CT molecular complexity index is 1080. The van der Waals surface area contributed by atoms with Crippen LogP contribution in [0, 0.1) is 18.3 Å². The van der Waals surface area contributed by atoms with Crippen molar-refractivity contribution in [3.05, 3.63) is 63.6 Å². The number of nitrogens with zero attached hydrogens (tertiary/aromatic N) is 2. The largest absolute Gasteiger partial charge is 0.461 e. The predicted molar refractivity (Wildman–Crippen MR) is 112 cm³/mol. The first-order valence-corrected chi connectivity index (χ1v) is 9.71. The second kappa shape index (κ2) is 8.14. The number of nitriles is 1. The van der Waals surface area contributed by atoms with Crippen molar-refractivity contribution in [1.82, 2.24) is 15.5 Å². The summed E-state index contributed by atoms with van der Waals surface area (Å²) in [5.41, 5.74) is 3.25. The van der Waals surface area contributed by atoms with E-state index in [1.165, 1.54) is 0 Å². The number of aromatic nitrogens is 2. The van der Waals surface area contributed by atoms with E-state index in [0.29, 0.717) is 35.0 Å². The number of nitrogens with one attached hydrogen (secondary N) is 2. The summed E-state index contributed by atoms with van der Waals surface area (Å²) in [5.74, 6) is 1.23. The molecule has 1 amide bonds. The molecule has 0 aliphatic heterocycles. The fourth-order valence-corrected chi connectivity index (χ4v) is 3.12. The third kappa shape index (κ3) is 4.52. The van der Waals surface area contributed by atoms with Crippen LogP contribution in [0.5, 0.6) is 0 Å². The Morgan fingerprint density at radius 1 is 1.31 bits per heavy atom. The Morgan fingerprint density at radius 3 is 2.72 bits per heavy atom. The van der Waals surface area contributed by atoms with Gasteiger partial charge >= 0.3 is 0 Å². The minimum absolute atomic E-state index is 0.119. The Balaban J connectivity index is 1.62. The van der Waals surface area contributed by atoms with Crippen LogP contribution >= 0.6 is 11.6 Å². The van der Waals surface area contributed by atoms with Crippen LogP contribution in [0.4, 0.5) is 0 Å². The number of hydrogen-bond acceptors (Lipinski definition) is 4. The molecule has 0 saturated carbocycles. The highest BCUT2D eigenvalue weighted by Crippen LogP contribution is 2.32. The number of benzene rings is 1. The first-order valence-electron chi connectivity index (χ1n) is 9.33. The molecule has 7 heteroatoms.